The zero-order valence-corrected chi connectivity index (χ0v) is 5.64. The number of Topliss-reactive ketones (excluding diaryl/α,β-unsaturated/α-hetero) is 1. The van der Waals surface area contributed by atoms with Gasteiger partial charge in [-0.1, -0.05) is 0 Å². The van der Waals surface area contributed by atoms with E-state index in [1.54, 1.807) is 6.92 Å². The molecule has 0 saturated heterocycles. The van der Waals surface area contributed by atoms with Crippen LogP contribution in [-0.2, 0) is 14.3 Å². The fourth-order valence-corrected chi connectivity index (χ4v) is 0.415. The van der Waals surface area contributed by atoms with Crippen LogP contribution >= 0.6 is 0 Å². The van der Waals surface area contributed by atoms with Gasteiger partial charge in [0.25, 0.3) is 0 Å². The second kappa shape index (κ2) is 4.06. The van der Waals surface area contributed by atoms with E-state index in [-0.39, 0.29) is 12.2 Å². The van der Waals surface area contributed by atoms with E-state index in [4.69, 9.17) is 0 Å². The minimum atomic E-state index is -0.440. The van der Waals surface area contributed by atoms with Gasteiger partial charge in [-0.3, -0.25) is 9.59 Å². The molecule has 0 aliphatic heterocycles. The van der Waals surface area contributed by atoms with Crippen molar-refractivity contribution in [1.29, 1.82) is 0 Å². The molecule has 0 radical (unpaired) electrons. The lowest BCUT2D eigenvalue weighted by Crippen LogP contribution is -2.07. The third-order valence-corrected chi connectivity index (χ3v) is 0.699. The summed E-state index contributed by atoms with van der Waals surface area (Å²) in [5.41, 5.74) is 0. The van der Waals surface area contributed by atoms with Gasteiger partial charge in [-0.25, -0.2) is 0 Å². The smallest absolute Gasteiger partial charge is 0.313 e. The molecule has 0 aliphatic rings. The van der Waals surface area contributed by atoms with Gasteiger partial charge in [-0.05, 0) is 13.8 Å². The maximum absolute atomic E-state index is 10.4. The summed E-state index contributed by atoms with van der Waals surface area (Å²) in [5, 5.41) is 0. The number of hydrogen-bond acceptors (Lipinski definition) is 3. The Morgan fingerprint density at radius 1 is 1.44 bits per heavy atom. The van der Waals surface area contributed by atoms with Gasteiger partial charge in [0.2, 0.25) is 0 Å². The number of carbonyl (C=O) groups is 2. The third-order valence-electron chi connectivity index (χ3n) is 0.699. The second-order valence-corrected chi connectivity index (χ2v) is 1.68. The van der Waals surface area contributed by atoms with Crippen LogP contribution in [0.25, 0.3) is 0 Å². The van der Waals surface area contributed by atoms with Gasteiger partial charge >= 0.3 is 5.97 Å². The monoisotopic (exact) mass is 132 g/mol. The zero-order chi connectivity index (χ0) is 7.28. The van der Waals surface area contributed by atoms with Crippen LogP contribution in [0, 0.1) is 0 Å². The molecule has 52 valence electrons. The minimum Gasteiger partial charge on any atom is -0.466 e. The average Bonchev–Trinajstić information content (AvgIpc) is 1.63. The van der Waals surface area contributed by atoms with E-state index in [2.05, 4.69) is 4.74 Å². The van der Waals surface area contributed by atoms with E-state index in [9.17, 15) is 9.59 Å². The van der Waals surface area contributed by atoms with E-state index < -0.39 is 5.97 Å². The topological polar surface area (TPSA) is 43.4 Å². The van der Waals surface area contributed by atoms with Crippen molar-refractivity contribution in [2.45, 2.75) is 20.3 Å². The maximum Gasteiger partial charge on any atom is 0.313 e. The number of hydrogen-bond donors (Lipinski definition) is 0. The number of carbonyl (C=O) groups excluding carboxylic acids is 2. The van der Waals surface area contributed by atoms with Crippen LogP contribution in [0.2, 0.25) is 0 Å². The van der Waals surface area contributed by atoms with Crippen LogP contribution in [0.15, 0.2) is 0 Å². The van der Waals surface area contributed by atoms with Crippen molar-refractivity contribution in [3.05, 3.63) is 0 Å². The highest BCUT2D eigenvalue weighted by Gasteiger charge is 2.03. The Balaban J connectivity index is 3.39. The first-order valence-electron chi connectivity index (χ1n) is 2.82. The largest absolute Gasteiger partial charge is 0.466 e. The summed E-state index contributed by atoms with van der Waals surface area (Å²) < 4.78 is 4.49. The van der Waals surface area contributed by atoms with Crippen molar-refractivity contribution >= 4 is 11.8 Å². The number of ketones is 1. The van der Waals surface area contributed by atoms with Gasteiger partial charge in [0.1, 0.15) is 12.2 Å². The molecular weight excluding hydrogens is 122 g/mol. The zero-order valence-electron chi connectivity index (χ0n) is 5.64. The normalized spacial score (nSPS) is 8.67. The molecule has 0 heterocycles. The summed E-state index contributed by atoms with van der Waals surface area (Å²) in [6, 6.07) is 0. The highest BCUT2D eigenvalue weighted by atomic mass is 16.6. The molecule has 9 heavy (non-hydrogen) atoms. The first kappa shape index (κ1) is 8.14. The molecule has 0 atom stereocenters. The van der Waals surface area contributed by atoms with Crippen molar-refractivity contribution in [1.82, 2.24) is 0 Å². The second-order valence-electron chi connectivity index (χ2n) is 1.68. The standard InChI is InChI=1S/C6H10O3/c1-3-9-6(8)4-5(2)7/h3-4H2,1-2H3/i5+1,6+1. The van der Waals surface area contributed by atoms with Crippen molar-refractivity contribution in [3.63, 3.8) is 0 Å². The van der Waals surface area contributed by atoms with Gasteiger partial charge in [0, 0.05) is 0 Å². The first-order valence-corrected chi connectivity index (χ1v) is 2.82. The molecule has 0 saturated carbocycles. The molecule has 0 fully saturated rings. The number of esters is 1. The Bertz CT molecular complexity index is 117. The molecule has 0 amide bonds. The molecule has 3 heteroatoms. The number of ether oxygens (including phenoxy) is 1. The fourth-order valence-electron chi connectivity index (χ4n) is 0.415. The van der Waals surface area contributed by atoms with Crippen molar-refractivity contribution in [2.24, 2.45) is 0 Å². The summed E-state index contributed by atoms with van der Waals surface area (Å²) in [4.78, 5) is 20.6. The van der Waals surface area contributed by atoms with E-state index in [1.807, 2.05) is 0 Å². The third kappa shape index (κ3) is 5.00. The Hall–Kier alpha value is -0.860. The number of rotatable bonds is 3. The first-order chi connectivity index (χ1) is 4.16. The Morgan fingerprint density at radius 2 is 2.00 bits per heavy atom. The highest BCUT2D eigenvalue weighted by molar-refractivity contribution is 5.94. The van der Waals surface area contributed by atoms with Crippen LogP contribution in [0.1, 0.15) is 20.3 Å². The van der Waals surface area contributed by atoms with Crippen molar-refractivity contribution in [2.75, 3.05) is 6.61 Å². The van der Waals surface area contributed by atoms with E-state index in [1.165, 1.54) is 6.92 Å². The molecule has 0 bridgehead atoms. The predicted octanol–water partition coefficient (Wildman–Crippen LogP) is 0.529. The highest BCUT2D eigenvalue weighted by Crippen LogP contribution is 1.86. The summed E-state index contributed by atoms with van der Waals surface area (Å²) in [5.74, 6) is -0.599. The molecule has 3 nitrogen and oxygen atoms in total. The molecule has 0 aliphatic carbocycles. The average molecular weight is 132 g/mol. The van der Waals surface area contributed by atoms with Crippen LogP contribution in [0.4, 0.5) is 0 Å². The van der Waals surface area contributed by atoms with Crippen LogP contribution in [0.5, 0.6) is 0 Å². The fraction of sp³-hybridized carbons (Fsp3) is 0.667. The lowest BCUT2D eigenvalue weighted by atomic mass is 10.7. The molecule has 0 rings (SSSR count). The Kier molecular flexibility index (Phi) is 3.67. The molecular formula is C6H10O3. The molecule has 0 unspecified atom stereocenters. The van der Waals surface area contributed by atoms with Gasteiger partial charge in [0.15, 0.2) is 0 Å². The van der Waals surface area contributed by atoms with Gasteiger partial charge in [-0.2, -0.15) is 0 Å². The lowest BCUT2D eigenvalue weighted by molar-refractivity contribution is -0.145. The maximum atomic E-state index is 10.4. The molecule has 0 aromatic heterocycles. The Morgan fingerprint density at radius 3 is 2.33 bits per heavy atom. The summed E-state index contributed by atoms with van der Waals surface area (Å²) >= 11 is 0. The van der Waals surface area contributed by atoms with Crippen molar-refractivity contribution < 1.29 is 14.3 Å². The van der Waals surface area contributed by atoms with E-state index >= 15 is 0 Å². The van der Waals surface area contributed by atoms with Gasteiger partial charge in [-0.15, -0.1) is 0 Å². The van der Waals surface area contributed by atoms with Gasteiger partial charge in [0.05, 0.1) is 6.61 Å². The van der Waals surface area contributed by atoms with E-state index in [0.717, 1.165) is 0 Å². The Labute approximate surface area is 54.0 Å². The lowest BCUT2D eigenvalue weighted by Gasteiger charge is -1.96. The van der Waals surface area contributed by atoms with Gasteiger partial charge < -0.3 is 4.74 Å². The summed E-state index contributed by atoms with van der Waals surface area (Å²) in [6.07, 6.45) is -0.103. The molecule has 0 spiro atoms. The quantitative estimate of drug-likeness (QED) is 0.319. The SMILES string of the molecule is CCO[13C](=O)C[13C](C)=O. The van der Waals surface area contributed by atoms with Crippen molar-refractivity contribution in [3.8, 4) is 0 Å². The minimum absolute atomic E-state index is 0.103. The molecule has 0 aromatic rings. The molecule has 0 aromatic carbocycles. The summed E-state index contributed by atoms with van der Waals surface area (Å²) in [7, 11) is 0. The predicted molar refractivity (Wildman–Crippen MR) is 31.9 cm³/mol. The molecule has 0 N–H and O–H groups in total. The van der Waals surface area contributed by atoms with E-state index in [0.29, 0.717) is 6.61 Å². The van der Waals surface area contributed by atoms with Crippen LogP contribution < -0.4 is 0 Å². The summed E-state index contributed by atoms with van der Waals surface area (Å²) in [6.45, 7) is 3.40. The van der Waals surface area contributed by atoms with Crippen LogP contribution in [0.3, 0.4) is 0 Å². The van der Waals surface area contributed by atoms with Crippen LogP contribution in [-0.4, -0.2) is 18.4 Å².